The number of benzene rings is 1. The average molecular weight is 571 g/mol. The highest BCUT2D eigenvalue weighted by molar-refractivity contribution is 5.69. The molecule has 2 aliphatic heterocycles. The lowest BCUT2D eigenvalue weighted by atomic mass is 9.96. The lowest BCUT2D eigenvalue weighted by molar-refractivity contribution is -0.157. The second-order valence-corrected chi connectivity index (χ2v) is 9.82. The molecule has 0 aliphatic carbocycles. The molecule has 0 radical (unpaired) electrons. The van der Waals surface area contributed by atoms with E-state index in [1.54, 1.807) is 12.1 Å². The lowest BCUT2D eigenvalue weighted by Crippen LogP contribution is -2.34. The average Bonchev–Trinajstić information content (AvgIpc) is 3.74. The summed E-state index contributed by atoms with van der Waals surface area (Å²) in [6.07, 6.45) is -0.376. The Bertz CT molecular complexity index is 1670. The third-order valence-electron chi connectivity index (χ3n) is 7.30. The Kier molecular flexibility index (Phi) is 6.78. The molecular formula is C26H22F4N8O3. The zero-order chi connectivity index (χ0) is 28.7. The van der Waals surface area contributed by atoms with Crippen LogP contribution < -0.4 is 10.6 Å². The van der Waals surface area contributed by atoms with Gasteiger partial charge >= 0.3 is 17.8 Å². The van der Waals surface area contributed by atoms with E-state index in [-0.39, 0.29) is 29.1 Å². The van der Waals surface area contributed by atoms with Crippen molar-refractivity contribution < 1.29 is 26.7 Å². The molecule has 1 unspecified atom stereocenters. The Labute approximate surface area is 229 Å². The van der Waals surface area contributed by atoms with Crippen LogP contribution in [0.25, 0.3) is 16.8 Å². The molecular weight excluding hydrogens is 548 g/mol. The minimum atomic E-state index is -4.70. The monoisotopic (exact) mass is 570 g/mol. The van der Waals surface area contributed by atoms with Crippen molar-refractivity contribution in [1.82, 2.24) is 29.5 Å². The van der Waals surface area contributed by atoms with Crippen LogP contribution in [-0.4, -0.2) is 55.8 Å². The number of rotatable bonds is 5. The largest absolute Gasteiger partial charge is 0.470 e. The van der Waals surface area contributed by atoms with Crippen LogP contribution in [0.5, 0.6) is 0 Å². The van der Waals surface area contributed by atoms with Gasteiger partial charge in [0.25, 0.3) is 0 Å². The summed E-state index contributed by atoms with van der Waals surface area (Å²) in [6, 6.07) is 7.90. The molecule has 5 heterocycles. The number of pyridine rings is 1. The van der Waals surface area contributed by atoms with Gasteiger partial charge in [-0.15, -0.1) is 10.2 Å². The topological polar surface area (TPSA) is 128 Å². The fraction of sp³-hybridized carbons (Fsp3) is 0.385. The van der Waals surface area contributed by atoms with Crippen LogP contribution in [0.3, 0.4) is 0 Å². The van der Waals surface area contributed by atoms with E-state index in [2.05, 4.69) is 26.3 Å². The minimum Gasteiger partial charge on any atom is -0.417 e. The first-order valence-electron chi connectivity index (χ1n) is 12.8. The van der Waals surface area contributed by atoms with Gasteiger partial charge in [-0.2, -0.15) is 23.5 Å². The van der Waals surface area contributed by atoms with Gasteiger partial charge in [0.15, 0.2) is 0 Å². The molecule has 11 nitrogen and oxygen atoms in total. The van der Waals surface area contributed by atoms with Crippen LogP contribution in [0.2, 0.25) is 0 Å². The van der Waals surface area contributed by atoms with E-state index in [0.29, 0.717) is 62.5 Å². The summed E-state index contributed by atoms with van der Waals surface area (Å²) in [5.41, 5.74) is 0.803. The molecule has 2 saturated heterocycles. The molecule has 2 fully saturated rings. The molecule has 3 aromatic heterocycles. The van der Waals surface area contributed by atoms with Crippen molar-refractivity contribution >= 4 is 5.82 Å². The van der Waals surface area contributed by atoms with Crippen molar-refractivity contribution in [2.24, 2.45) is 0 Å². The van der Waals surface area contributed by atoms with E-state index in [1.807, 2.05) is 4.90 Å². The third kappa shape index (κ3) is 5.06. The Balaban J connectivity index is 1.18. The van der Waals surface area contributed by atoms with E-state index in [0.717, 1.165) is 4.57 Å². The maximum atomic E-state index is 15.2. The predicted molar refractivity (Wildman–Crippen MR) is 134 cm³/mol. The molecule has 0 N–H and O–H groups in total. The summed E-state index contributed by atoms with van der Waals surface area (Å²) in [4.78, 5) is 19.1. The maximum Gasteiger partial charge on any atom is 0.470 e. The number of hydrogen-bond donors (Lipinski definition) is 0. The standard InChI is InChI=1S/C26H22F4N8O3/c27-20-10-16(1-2-21(20)37-14-33-38(25(37)39)19-5-8-40-13-19)18-9-17(11-31)22(32-12-18)36-6-3-15(4-7-36)23-34-35-24(41-23)26(28,29)30/h1-2,9-10,12,14-15,19H,3-8,13H2. The molecule has 0 amide bonds. The lowest BCUT2D eigenvalue weighted by Gasteiger charge is -2.31. The highest BCUT2D eigenvalue weighted by Gasteiger charge is 2.39. The molecule has 41 heavy (non-hydrogen) atoms. The van der Waals surface area contributed by atoms with Crippen LogP contribution in [-0.2, 0) is 10.9 Å². The molecule has 2 aliphatic rings. The molecule has 0 spiro atoms. The van der Waals surface area contributed by atoms with Crippen LogP contribution in [0, 0.1) is 17.1 Å². The molecule has 15 heteroatoms. The predicted octanol–water partition coefficient (Wildman–Crippen LogP) is 3.85. The van der Waals surface area contributed by atoms with Crippen molar-refractivity contribution in [3.05, 3.63) is 70.4 Å². The Morgan fingerprint density at radius 3 is 2.54 bits per heavy atom. The van der Waals surface area contributed by atoms with E-state index >= 15 is 4.39 Å². The fourth-order valence-electron chi connectivity index (χ4n) is 5.13. The number of piperidine rings is 1. The first-order valence-corrected chi connectivity index (χ1v) is 12.8. The van der Waals surface area contributed by atoms with Gasteiger partial charge < -0.3 is 14.1 Å². The minimum absolute atomic E-state index is 0.0421. The summed E-state index contributed by atoms with van der Waals surface area (Å²) in [7, 11) is 0. The zero-order valence-corrected chi connectivity index (χ0v) is 21.4. The van der Waals surface area contributed by atoms with Gasteiger partial charge in [0.1, 0.15) is 24.0 Å². The third-order valence-corrected chi connectivity index (χ3v) is 7.30. The van der Waals surface area contributed by atoms with Gasteiger partial charge in [-0.3, -0.25) is 0 Å². The highest BCUT2D eigenvalue weighted by atomic mass is 19.4. The van der Waals surface area contributed by atoms with Crippen molar-refractivity contribution in [3.63, 3.8) is 0 Å². The van der Waals surface area contributed by atoms with Gasteiger partial charge in [0.05, 0.1) is 23.9 Å². The number of alkyl halides is 3. The van der Waals surface area contributed by atoms with Gasteiger partial charge in [-0.25, -0.2) is 23.4 Å². The van der Waals surface area contributed by atoms with Gasteiger partial charge in [0.2, 0.25) is 5.89 Å². The Morgan fingerprint density at radius 1 is 1.07 bits per heavy atom. The van der Waals surface area contributed by atoms with E-state index in [1.165, 1.54) is 29.3 Å². The summed E-state index contributed by atoms with van der Waals surface area (Å²) < 4.78 is 66.1. The number of nitriles is 1. The molecule has 0 saturated carbocycles. The summed E-state index contributed by atoms with van der Waals surface area (Å²) >= 11 is 0. The summed E-state index contributed by atoms with van der Waals surface area (Å²) in [6.45, 7) is 1.74. The van der Waals surface area contributed by atoms with Gasteiger partial charge in [0, 0.05) is 37.4 Å². The Morgan fingerprint density at radius 2 is 1.88 bits per heavy atom. The van der Waals surface area contributed by atoms with Gasteiger partial charge in [-0.05, 0) is 43.0 Å². The zero-order valence-electron chi connectivity index (χ0n) is 21.4. The maximum absolute atomic E-state index is 15.2. The number of ether oxygens (including phenoxy) is 1. The highest BCUT2D eigenvalue weighted by Crippen LogP contribution is 2.34. The normalized spacial score (nSPS) is 18.1. The number of aromatic nitrogens is 6. The van der Waals surface area contributed by atoms with Crippen molar-refractivity contribution in [2.45, 2.75) is 37.4 Å². The molecule has 212 valence electrons. The first kappa shape index (κ1) is 26.6. The SMILES string of the molecule is N#Cc1cc(-c2ccc(-n3cnn(C4CCOC4)c3=O)c(F)c2)cnc1N1CCC(c2nnc(C(F)(F)F)o2)CC1. The number of halogens is 4. The van der Waals surface area contributed by atoms with Gasteiger partial charge in [-0.1, -0.05) is 6.07 Å². The van der Waals surface area contributed by atoms with Crippen LogP contribution >= 0.6 is 0 Å². The van der Waals surface area contributed by atoms with E-state index < -0.39 is 23.6 Å². The van der Waals surface area contributed by atoms with E-state index in [4.69, 9.17) is 9.15 Å². The van der Waals surface area contributed by atoms with E-state index in [9.17, 15) is 23.2 Å². The number of nitrogens with zero attached hydrogens (tertiary/aromatic N) is 8. The van der Waals surface area contributed by atoms with Crippen molar-refractivity contribution in [3.8, 4) is 22.9 Å². The van der Waals surface area contributed by atoms with Crippen LogP contribution in [0.1, 0.15) is 48.6 Å². The van der Waals surface area contributed by atoms with Crippen molar-refractivity contribution in [2.75, 3.05) is 31.2 Å². The molecule has 1 atom stereocenters. The second-order valence-electron chi connectivity index (χ2n) is 9.82. The smallest absolute Gasteiger partial charge is 0.417 e. The molecule has 0 bridgehead atoms. The summed E-state index contributed by atoms with van der Waals surface area (Å²) in [5.74, 6) is -2.00. The van der Waals surface area contributed by atoms with Crippen molar-refractivity contribution in [1.29, 1.82) is 5.26 Å². The molecule has 1 aromatic carbocycles. The first-order chi connectivity index (χ1) is 19.7. The van der Waals surface area contributed by atoms with Crippen LogP contribution in [0.15, 0.2) is 46.0 Å². The van der Waals surface area contributed by atoms with Crippen LogP contribution in [0.4, 0.5) is 23.4 Å². The second kappa shape index (κ2) is 10.4. The summed E-state index contributed by atoms with van der Waals surface area (Å²) in [5, 5.41) is 20.6. The molecule has 6 rings (SSSR count). The number of hydrogen-bond acceptors (Lipinski definition) is 9. The number of anilines is 1. The molecule has 4 aromatic rings. The quantitative estimate of drug-likeness (QED) is 0.329. The Hall–Kier alpha value is -4.58. The fourth-order valence-corrected chi connectivity index (χ4v) is 5.13.